The molecule has 4 aromatic rings. The van der Waals surface area contributed by atoms with Crippen molar-refractivity contribution in [2.75, 3.05) is 34.8 Å². The summed E-state index contributed by atoms with van der Waals surface area (Å²) in [7, 11) is 1.63. The van der Waals surface area contributed by atoms with Crippen LogP contribution in [0.15, 0.2) is 70.8 Å². The zero-order chi connectivity index (χ0) is 36.3. The molecule has 1 atom stereocenters. The molecule has 1 N–H and O–H groups in total. The second-order valence-corrected chi connectivity index (χ2v) is 15.5. The Morgan fingerprint density at radius 2 is 1.69 bits per heavy atom. The molecule has 0 aliphatic rings. The topological polar surface area (TPSA) is 105 Å². The maximum absolute atomic E-state index is 15.5. The number of hydrogen-bond donors (Lipinski definition) is 1. The van der Waals surface area contributed by atoms with E-state index in [1.165, 1.54) is 19.2 Å². The molecule has 4 rings (SSSR count). The van der Waals surface area contributed by atoms with Gasteiger partial charge in [0.1, 0.15) is 29.2 Å². The van der Waals surface area contributed by atoms with Gasteiger partial charge in [0.15, 0.2) is 5.16 Å². The molecule has 49 heavy (non-hydrogen) atoms. The molecule has 0 amide bonds. The number of carbonyl (C=O) groups is 1. The largest absolute Gasteiger partial charge is 0.495 e. The standard InChI is InChI=1S/C34H38ClF3N4O5S2/c1-34(2,21-9-14-30(47-6)26(35)16-21)31-19-39-33(42(31)23-12-10-22(36)11-13-23)48-20-25-27(37)17-24(18-28(25)38)49(45,46)41(5)29(32(43)44)8-7-15-40(3)4/h9-14,16-19,29H,7-8,15,20H2,1-6H3,(H,43,44). The lowest BCUT2D eigenvalue weighted by Gasteiger charge is -2.28. The number of hydrogen-bond acceptors (Lipinski definition) is 7. The Hall–Kier alpha value is -3.56. The number of methoxy groups -OCH3 is 1. The molecule has 1 unspecified atom stereocenters. The molecule has 3 aromatic carbocycles. The molecule has 1 aromatic heterocycles. The lowest BCUT2D eigenvalue weighted by molar-refractivity contribution is -0.141. The first kappa shape index (κ1) is 38.2. The van der Waals surface area contributed by atoms with Gasteiger partial charge in [-0.15, -0.1) is 0 Å². The predicted octanol–water partition coefficient (Wildman–Crippen LogP) is 6.99. The number of likely N-dealkylation sites (N-methyl/N-ethyl adjacent to an activating group) is 1. The van der Waals surface area contributed by atoms with E-state index in [0.717, 1.165) is 24.4 Å². The Morgan fingerprint density at radius 1 is 1.06 bits per heavy atom. The second-order valence-electron chi connectivity index (χ2n) is 12.2. The van der Waals surface area contributed by atoms with E-state index in [1.54, 1.807) is 49.1 Å². The summed E-state index contributed by atoms with van der Waals surface area (Å²) in [5, 5.41) is 10.5. The number of carboxylic acids is 1. The van der Waals surface area contributed by atoms with Crippen LogP contribution in [0.3, 0.4) is 0 Å². The van der Waals surface area contributed by atoms with Gasteiger partial charge in [-0.1, -0.05) is 43.3 Å². The van der Waals surface area contributed by atoms with E-state index in [1.807, 2.05) is 24.8 Å². The molecule has 15 heteroatoms. The third-order valence-electron chi connectivity index (χ3n) is 8.27. The van der Waals surface area contributed by atoms with Crippen LogP contribution in [0.2, 0.25) is 5.02 Å². The van der Waals surface area contributed by atoms with Gasteiger partial charge in [-0.3, -0.25) is 9.36 Å². The SMILES string of the molecule is COc1ccc(C(C)(C)c2cnc(SCc3c(F)cc(S(=O)(=O)N(C)C(CCCN(C)C)C(=O)O)cc3F)n2-c2ccc(F)cc2)cc1Cl. The van der Waals surface area contributed by atoms with Crippen LogP contribution in [0.4, 0.5) is 13.2 Å². The minimum atomic E-state index is -4.57. The third kappa shape index (κ3) is 8.43. The maximum Gasteiger partial charge on any atom is 0.322 e. The van der Waals surface area contributed by atoms with Crippen LogP contribution >= 0.6 is 23.4 Å². The average Bonchev–Trinajstić information content (AvgIpc) is 3.47. The normalized spacial score (nSPS) is 12.9. The van der Waals surface area contributed by atoms with Crippen LogP contribution in [0.25, 0.3) is 5.69 Å². The van der Waals surface area contributed by atoms with Crippen molar-refractivity contribution in [3.8, 4) is 11.4 Å². The summed E-state index contributed by atoms with van der Waals surface area (Å²) in [6, 6.07) is 11.0. The van der Waals surface area contributed by atoms with Gasteiger partial charge in [0.2, 0.25) is 10.0 Å². The van der Waals surface area contributed by atoms with Gasteiger partial charge in [0.05, 0.1) is 28.9 Å². The number of thioether (sulfide) groups is 1. The summed E-state index contributed by atoms with van der Waals surface area (Å²) >= 11 is 7.43. The molecule has 0 aliphatic heterocycles. The first-order chi connectivity index (χ1) is 23.0. The van der Waals surface area contributed by atoms with Gasteiger partial charge in [-0.05, 0) is 87.6 Å². The number of aliphatic carboxylic acids is 1. The van der Waals surface area contributed by atoms with Gasteiger partial charge in [-0.25, -0.2) is 26.6 Å². The number of ether oxygens (including phenoxy) is 1. The van der Waals surface area contributed by atoms with Crippen molar-refractivity contribution in [1.82, 2.24) is 18.8 Å². The van der Waals surface area contributed by atoms with Crippen molar-refractivity contribution in [2.45, 2.75) is 54.0 Å². The number of rotatable bonds is 15. The average molecular weight is 739 g/mol. The number of nitrogens with zero attached hydrogens (tertiary/aromatic N) is 4. The predicted molar refractivity (Wildman–Crippen MR) is 184 cm³/mol. The Balaban J connectivity index is 1.67. The smallest absolute Gasteiger partial charge is 0.322 e. The monoisotopic (exact) mass is 738 g/mol. The van der Waals surface area contributed by atoms with Crippen molar-refractivity contribution in [2.24, 2.45) is 0 Å². The highest BCUT2D eigenvalue weighted by Gasteiger charge is 2.34. The quantitative estimate of drug-likeness (QED) is 0.130. The van der Waals surface area contributed by atoms with E-state index in [0.29, 0.717) is 56.7 Å². The Labute approximate surface area is 293 Å². The maximum atomic E-state index is 15.5. The molecular weight excluding hydrogens is 701 g/mol. The van der Waals surface area contributed by atoms with Gasteiger partial charge < -0.3 is 14.7 Å². The molecule has 9 nitrogen and oxygen atoms in total. The highest BCUT2D eigenvalue weighted by Crippen LogP contribution is 2.39. The number of halogens is 4. The molecule has 0 saturated heterocycles. The van der Waals surface area contributed by atoms with E-state index in [-0.39, 0.29) is 12.2 Å². The van der Waals surface area contributed by atoms with Crippen molar-refractivity contribution < 1.29 is 36.2 Å². The molecule has 0 spiro atoms. The number of sulfonamides is 1. The Bertz CT molecular complexity index is 1900. The molecule has 0 bridgehead atoms. The summed E-state index contributed by atoms with van der Waals surface area (Å²) in [5.41, 5.74) is 0.929. The van der Waals surface area contributed by atoms with Crippen molar-refractivity contribution >= 4 is 39.4 Å². The first-order valence-corrected chi connectivity index (χ1v) is 17.9. The molecule has 0 aliphatic carbocycles. The van der Waals surface area contributed by atoms with Crippen LogP contribution in [0, 0.1) is 17.5 Å². The van der Waals surface area contributed by atoms with E-state index < -0.39 is 55.4 Å². The molecule has 0 fully saturated rings. The lowest BCUT2D eigenvalue weighted by atomic mass is 9.81. The fourth-order valence-corrected chi connectivity index (χ4v) is 7.95. The minimum Gasteiger partial charge on any atom is -0.495 e. The van der Waals surface area contributed by atoms with Crippen molar-refractivity contribution in [3.63, 3.8) is 0 Å². The number of aromatic nitrogens is 2. The van der Waals surface area contributed by atoms with E-state index in [4.69, 9.17) is 16.3 Å². The highest BCUT2D eigenvalue weighted by molar-refractivity contribution is 7.98. The lowest BCUT2D eigenvalue weighted by Crippen LogP contribution is -2.42. The van der Waals surface area contributed by atoms with Crippen LogP contribution in [0.5, 0.6) is 5.75 Å². The molecule has 0 saturated carbocycles. The second kappa shape index (κ2) is 15.5. The number of benzene rings is 3. The molecule has 0 radical (unpaired) electrons. The highest BCUT2D eigenvalue weighted by atomic mass is 35.5. The fraction of sp³-hybridized carbons (Fsp3) is 0.353. The van der Waals surface area contributed by atoms with E-state index >= 15 is 8.78 Å². The summed E-state index contributed by atoms with van der Waals surface area (Å²) in [4.78, 5) is 17.6. The zero-order valence-electron chi connectivity index (χ0n) is 27.9. The Morgan fingerprint density at radius 3 is 2.24 bits per heavy atom. The van der Waals surface area contributed by atoms with Gasteiger partial charge in [0.25, 0.3) is 0 Å². The Kier molecular flexibility index (Phi) is 12.1. The van der Waals surface area contributed by atoms with Gasteiger partial charge >= 0.3 is 5.97 Å². The van der Waals surface area contributed by atoms with E-state index in [2.05, 4.69) is 4.98 Å². The van der Waals surface area contributed by atoms with Gasteiger partial charge in [0, 0.05) is 29.5 Å². The molecule has 1 heterocycles. The summed E-state index contributed by atoms with van der Waals surface area (Å²) in [5.74, 6) is -3.83. The molecule has 264 valence electrons. The van der Waals surface area contributed by atoms with Crippen LogP contribution in [-0.2, 0) is 26.0 Å². The molecular formula is C34H38ClF3N4O5S2. The van der Waals surface area contributed by atoms with E-state index in [9.17, 15) is 22.7 Å². The number of imidazole rings is 1. The number of carboxylic acid groups (broad SMARTS) is 1. The minimum absolute atomic E-state index is 0.00787. The summed E-state index contributed by atoms with van der Waals surface area (Å²) in [6.45, 7) is 4.42. The summed E-state index contributed by atoms with van der Waals surface area (Å²) < 4.78 is 79.2. The zero-order valence-corrected chi connectivity index (χ0v) is 30.3. The summed E-state index contributed by atoms with van der Waals surface area (Å²) in [6.07, 6.45) is 2.02. The van der Waals surface area contributed by atoms with Crippen LogP contribution in [-0.4, -0.2) is 79.1 Å². The fourth-order valence-electron chi connectivity index (χ4n) is 5.32. The van der Waals surface area contributed by atoms with Crippen LogP contribution < -0.4 is 4.74 Å². The van der Waals surface area contributed by atoms with Crippen molar-refractivity contribution in [1.29, 1.82) is 0 Å². The van der Waals surface area contributed by atoms with Gasteiger partial charge in [-0.2, -0.15) is 4.31 Å². The first-order valence-electron chi connectivity index (χ1n) is 15.1. The van der Waals surface area contributed by atoms with Crippen molar-refractivity contribution in [3.05, 3.63) is 100 Å². The van der Waals surface area contributed by atoms with Crippen LogP contribution in [0.1, 0.15) is 43.5 Å². The third-order valence-corrected chi connectivity index (χ3v) is 11.4.